The number of aromatic nitrogens is 2. The molecule has 1 aromatic carbocycles. The number of amides is 1. The molecule has 2 heterocycles. The summed E-state index contributed by atoms with van der Waals surface area (Å²) in [6, 6.07) is 3.29. The molecule has 23 heavy (non-hydrogen) atoms. The first-order valence-corrected chi connectivity index (χ1v) is 7.12. The summed E-state index contributed by atoms with van der Waals surface area (Å²) in [7, 11) is 0. The van der Waals surface area contributed by atoms with Crippen LogP contribution >= 0.6 is 0 Å². The molecule has 0 bridgehead atoms. The molecule has 0 saturated carbocycles. The normalized spacial score (nSPS) is 17.3. The lowest BCUT2D eigenvalue weighted by Crippen LogP contribution is -2.38. The molecule has 1 aromatic heterocycles. The molecule has 0 aliphatic carbocycles. The van der Waals surface area contributed by atoms with Crippen molar-refractivity contribution in [2.75, 3.05) is 23.7 Å². The highest BCUT2D eigenvalue weighted by molar-refractivity contribution is 5.96. The number of hydrogen-bond donors (Lipinski definition) is 2. The molecule has 1 saturated heterocycles. The molecule has 120 valence electrons. The number of halogens is 2. The Morgan fingerprint density at radius 3 is 2.83 bits per heavy atom. The van der Waals surface area contributed by atoms with Crippen molar-refractivity contribution in [2.24, 2.45) is 0 Å². The van der Waals surface area contributed by atoms with Crippen LogP contribution in [-0.4, -0.2) is 35.0 Å². The number of carbonyl (C=O) groups is 1. The number of nitrogens with zero attached hydrogens (tertiary/aromatic N) is 3. The summed E-state index contributed by atoms with van der Waals surface area (Å²) in [6.07, 6.45) is 3.43. The SMILES string of the molecule is Nc1nccnc1C(=O)NC1CCN(c2ccc(F)cc2F)C1. The predicted octanol–water partition coefficient (Wildman–Crippen LogP) is 1.35. The van der Waals surface area contributed by atoms with Crippen molar-refractivity contribution in [2.45, 2.75) is 12.5 Å². The summed E-state index contributed by atoms with van der Waals surface area (Å²) < 4.78 is 26.8. The lowest BCUT2D eigenvalue weighted by Gasteiger charge is -2.19. The van der Waals surface area contributed by atoms with Gasteiger partial charge in [-0.15, -0.1) is 0 Å². The molecule has 0 spiro atoms. The van der Waals surface area contributed by atoms with Crippen LogP contribution in [0.5, 0.6) is 0 Å². The zero-order valence-corrected chi connectivity index (χ0v) is 12.2. The van der Waals surface area contributed by atoms with Crippen LogP contribution in [0.25, 0.3) is 0 Å². The first-order valence-electron chi connectivity index (χ1n) is 7.12. The Balaban J connectivity index is 1.66. The minimum absolute atomic E-state index is 0.0597. The van der Waals surface area contributed by atoms with Gasteiger partial charge >= 0.3 is 0 Å². The molecule has 0 radical (unpaired) electrons. The van der Waals surface area contributed by atoms with Crippen molar-refractivity contribution >= 4 is 17.4 Å². The predicted molar refractivity (Wildman–Crippen MR) is 80.9 cm³/mol. The van der Waals surface area contributed by atoms with E-state index in [1.165, 1.54) is 24.5 Å². The highest BCUT2D eigenvalue weighted by atomic mass is 19.1. The van der Waals surface area contributed by atoms with Crippen molar-refractivity contribution in [3.63, 3.8) is 0 Å². The van der Waals surface area contributed by atoms with Crippen molar-refractivity contribution in [3.05, 3.63) is 47.9 Å². The molecule has 1 atom stereocenters. The zero-order valence-electron chi connectivity index (χ0n) is 12.2. The molecule has 1 amide bonds. The van der Waals surface area contributed by atoms with E-state index in [2.05, 4.69) is 15.3 Å². The summed E-state index contributed by atoms with van der Waals surface area (Å²) in [5, 5.41) is 2.81. The number of nitrogen functional groups attached to an aromatic ring is 1. The molecule has 1 fully saturated rings. The average molecular weight is 319 g/mol. The number of rotatable bonds is 3. The van der Waals surface area contributed by atoms with Crippen LogP contribution < -0.4 is 16.0 Å². The van der Waals surface area contributed by atoms with Crippen LogP contribution in [0.2, 0.25) is 0 Å². The first-order chi connectivity index (χ1) is 11.0. The van der Waals surface area contributed by atoms with Crippen LogP contribution in [0.1, 0.15) is 16.9 Å². The summed E-state index contributed by atoms with van der Waals surface area (Å²) in [4.78, 5) is 21.6. The van der Waals surface area contributed by atoms with E-state index < -0.39 is 17.5 Å². The van der Waals surface area contributed by atoms with Gasteiger partial charge < -0.3 is 16.0 Å². The Kier molecular flexibility index (Phi) is 4.05. The quantitative estimate of drug-likeness (QED) is 0.892. The Hall–Kier alpha value is -2.77. The van der Waals surface area contributed by atoms with Gasteiger partial charge in [-0.3, -0.25) is 4.79 Å². The second-order valence-corrected chi connectivity index (χ2v) is 5.29. The van der Waals surface area contributed by atoms with Crippen LogP contribution in [0.4, 0.5) is 20.3 Å². The van der Waals surface area contributed by atoms with E-state index in [0.717, 1.165) is 6.07 Å². The van der Waals surface area contributed by atoms with Gasteiger partial charge in [0, 0.05) is 37.6 Å². The van der Waals surface area contributed by atoms with Gasteiger partial charge in [0.2, 0.25) is 0 Å². The Bertz CT molecular complexity index is 740. The number of anilines is 2. The third kappa shape index (κ3) is 3.20. The molecule has 6 nitrogen and oxygen atoms in total. The van der Waals surface area contributed by atoms with E-state index in [-0.39, 0.29) is 17.6 Å². The zero-order chi connectivity index (χ0) is 16.4. The largest absolute Gasteiger partial charge is 0.382 e. The molecule has 3 N–H and O–H groups in total. The third-order valence-corrected chi connectivity index (χ3v) is 3.72. The molecular formula is C15H15F2N5O. The van der Waals surface area contributed by atoms with Crippen molar-refractivity contribution < 1.29 is 13.6 Å². The molecule has 8 heteroatoms. The van der Waals surface area contributed by atoms with Gasteiger partial charge in [0.05, 0.1) is 5.69 Å². The fraction of sp³-hybridized carbons (Fsp3) is 0.267. The Morgan fingerprint density at radius 1 is 1.30 bits per heavy atom. The number of hydrogen-bond acceptors (Lipinski definition) is 5. The monoisotopic (exact) mass is 319 g/mol. The Labute approximate surface area is 131 Å². The molecule has 1 aliphatic heterocycles. The minimum atomic E-state index is -0.617. The molecule has 3 rings (SSSR count). The highest BCUT2D eigenvalue weighted by Crippen LogP contribution is 2.24. The lowest BCUT2D eigenvalue weighted by atomic mass is 10.2. The summed E-state index contributed by atoms with van der Waals surface area (Å²) in [5.41, 5.74) is 6.01. The van der Waals surface area contributed by atoms with Gasteiger partial charge in [-0.25, -0.2) is 18.7 Å². The van der Waals surface area contributed by atoms with Crippen molar-refractivity contribution in [1.82, 2.24) is 15.3 Å². The molecular weight excluding hydrogens is 304 g/mol. The van der Waals surface area contributed by atoms with E-state index in [4.69, 9.17) is 5.73 Å². The van der Waals surface area contributed by atoms with E-state index in [1.54, 1.807) is 4.90 Å². The van der Waals surface area contributed by atoms with Gasteiger partial charge in [0.25, 0.3) is 5.91 Å². The van der Waals surface area contributed by atoms with Gasteiger partial charge in [0.1, 0.15) is 11.6 Å². The maximum absolute atomic E-state index is 13.8. The maximum atomic E-state index is 13.8. The van der Waals surface area contributed by atoms with Gasteiger partial charge in [-0.1, -0.05) is 0 Å². The second kappa shape index (κ2) is 6.15. The van der Waals surface area contributed by atoms with Crippen LogP contribution in [0.15, 0.2) is 30.6 Å². The molecule has 1 aliphatic rings. The fourth-order valence-corrected chi connectivity index (χ4v) is 2.61. The summed E-state index contributed by atoms with van der Waals surface area (Å²) >= 11 is 0. The van der Waals surface area contributed by atoms with E-state index in [1.807, 2.05) is 0 Å². The number of nitrogens with one attached hydrogen (secondary N) is 1. The average Bonchev–Trinajstić information content (AvgIpc) is 2.95. The summed E-state index contributed by atoms with van der Waals surface area (Å²) in [6.45, 7) is 0.984. The minimum Gasteiger partial charge on any atom is -0.382 e. The topological polar surface area (TPSA) is 84.1 Å². The van der Waals surface area contributed by atoms with E-state index in [0.29, 0.717) is 25.2 Å². The van der Waals surface area contributed by atoms with Gasteiger partial charge in [-0.2, -0.15) is 0 Å². The first kappa shape index (κ1) is 15.1. The van der Waals surface area contributed by atoms with E-state index >= 15 is 0 Å². The molecule has 1 unspecified atom stereocenters. The standard InChI is InChI=1S/C15H15F2N5O/c16-9-1-2-12(11(17)7-9)22-6-3-10(8-22)21-15(23)13-14(18)20-5-4-19-13/h1-2,4-5,7,10H,3,6,8H2,(H2,18,20)(H,21,23). The van der Waals surface area contributed by atoms with Gasteiger partial charge in [0.15, 0.2) is 11.5 Å². The van der Waals surface area contributed by atoms with Crippen LogP contribution in [0, 0.1) is 11.6 Å². The number of benzene rings is 1. The van der Waals surface area contributed by atoms with E-state index in [9.17, 15) is 13.6 Å². The number of carbonyl (C=O) groups excluding carboxylic acids is 1. The summed E-state index contributed by atoms with van der Waals surface area (Å²) in [5.74, 6) is -1.59. The molecule has 2 aromatic rings. The lowest BCUT2D eigenvalue weighted by molar-refractivity contribution is 0.0936. The van der Waals surface area contributed by atoms with Crippen LogP contribution in [-0.2, 0) is 0 Å². The third-order valence-electron chi connectivity index (χ3n) is 3.72. The van der Waals surface area contributed by atoms with Crippen molar-refractivity contribution in [1.29, 1.82) is 0 Å². The maximum Gasteiger partial charge on any atom is 0.273 e. The number of nitrogens with two attached hydrogens (primary N) is 1. The fourth-order valence-electron chi connectivity index (χ4n) is 2.61. The Morgan fingerprint density at radius 2 is 2.09 bits per heavy atom. The highest BCUT2D eigenvalue weighted by Gasteiger charge is 2.27. The van der Waals surface area contributed by atoms with Crippen molar-refractivity contribution in [3.8, 4) is 0 Å². The smallest absolute Gasteiger partial charge is 0.273 e. The van der Waals surface area contributed by atoms with Gasteiger partial charge in [-0.05, 0) is 18.6 Å². The second-order valence-electron chi connectivity index (χ2n) is 5.29. The van der Waals surface area contributed by atoms with Crippen LogP contribution in [0.3, 0.4) is 0 Å².